The summed E-state index contributed by atoms with van der Waals surface area (Å²) < 4.78 is 2.98. The largest absolute Gasteiger partial charge is 0.303 e. The molecule has 18 heavy (non-hydrogen) atoms. The van der Waals surface area contributed by atoms with Gasteiger partial charge in [-0.25, -0.2) is 0 Å². The lowest BCUT2D eigenvalue weighted by atomic mass is 9.90. The van der Waals surface area contributed by atoms with Crippen LogP contribution in [0, 0.1) is 6.92 Å². The minimum Gasteiger partial charge on any atom is -0.303 e. The van der Waals surface area contributed by atoms with Crippen molar-refractivity contribution in [2.45, 2.75) is 38.8 Å². The van der Waals surface area contributed by atoms with Gasteiger partial charge in [0.25, 0.3) is 0 Å². The fourth-order valence-electron chi connectivity index (χ4n) is 1.92. The SMILES string of the molecule is Cc1nn(C)c(CC(NN)C(C)(C)N(C)C)c1Br. The van der Waals surface area contributed by atoms with Crippen molar-refractivity contribution in [1.82, 2.24) is 20.1 Å². The van der Waals surface area contributed by atoms with E-state index in [4.69, 9.17) is 5.84 Å². The number of likely N-dealkylation sites (N-methyl/N-ethyl adjacent to an activating group) is 1. The number of hydrogen-bond donors (Lipinski definition) is 2. The topological polar surface area (TPSA) is 59.1 Å². The number of halogens is 1. The van der Waals surface area contributed by atoms with Gasteiger partial charge >= 0.3 is 0 Å². The molecular weight excluding hydrogens is 294 g/mol. The van der Waals surface area contributed by atoms with E-state index in [0.717, 1.165) is 22.3 Å². The molecule has 1 heterocycles. The van der Waals surface area contributed by atoms with Crippen LogP contribution >= 0.6 is 15.9 Å². The van der Waals surface area contributed by atoms with Gasteiger partial charge in [0.2, 0.25) is 0 Å². The second-order valence-electron chi connectivity index (χ2n) is 5.44. The summed E-state index contributed by atoms with van der Waals surface area (Å²) in [5, 5.41) is 4.41. The van der Waals surface area contributed by atoms with Crippen LogP contribution in [0.3, 0.4) is 0 Å². The Morgan fingerprint density at radius 3 is 2.39 bits per heavy atom. The summed E-state index contributed by atoms with van der Waals surface area (Å²) in [6, 6.07) is 0.138. The number of nitrogens with zero attached hydrogens (tertiary/aromatic N) is 3. The molecule has 0 radical (unpaired) electrons. The Morgan fingerprint density at radius 1 is 1.50 bits per heavy atom. The molecule has 0 amide bonds. The van der Waals surface area contributed by atoms with E-state index in [1.807, 2.05) is 18.7 Å². The molecule has 0 bridgehead atoms. The second kappa shape index (κ2) is 5.69. The van der Waals surface area contributed by atoms with Gasteiger partial charge in [0, 0.05) is 25.0 Å². The number of nitrogens with one attached hydrogen (secondary N) is 1. The van der Waals surface area contributed by atoms with Crippen LogP contribution in [0.2, 0.25) is 0 Å². The normalized spacial score (nSPS) is 14.3. The van der Waals surface area contributed by atoms with Gasteiger partial charge in [-0.2, -0.15) is 5.10 Å². The van der Waals surface area contributed by atoms with Gasteiger partial charge in [0.05, 0.1) is 15.9 Å². The summed E-state index contributed by atoms with van der Waals surface area (Å²) in [7, 11) is 6.09. The van der Waals surface area contributed by atoms with Crippen molar-refractivity contribution in [3.8, 4) is 0 Å². The zero-order valence-corrected chi connectivity index (χ0v) is 13.7. The van der Waals surface area contributed by atoms with Crippen molar-refractivity contribution in [3.63, 3.8) is 0 Å². The molecule has 1 aromatic rings. The minimum absolute atomic E-state index is 0.0492. The van der Waals surface area contributed by atoms with E-state index < -0.39 is 0 Å². The highest BCUT2D eigenvalue weighted by atomic mass is 79.9. The van der Waals surface area contributed by atoms with Gasteiger partial charge < -0.3 is 4.90 Å². The van der Waals surface area contributed by atoms with E-state index in [2.05, 4.69) is 59.3 Å². The van der Waals surface area contributed by atoms with Crippen LogP contribution in [0.5, 0.6) is 0 Å². The maximum absolute atomic E-state index is 5.73. The lowest BCUT2D eigenvalue weighted by Gasteiger charge is -2.39. The van der Waals surface area contributed by atoms with Gasteiger partial charge in [0.15, 0.2) is 0 Å². The first-order valence-electron chi connectivity index (χ1n) is 6.03. The lowest BCUT2D eigenvalue weighted by Crippen LogP contribution is -2.58. The summed E-state index contributed by atoms with van der Waals surface area (Å²) in [4.78, 5) is 2.18. The number of aryl methyl sites for hydroxylation is 2. The zero-order chi connectivity index (χ0) is 14.1. The van der Waals surface area contributed by atoms with Crippen LogP contribution in [0.4, 0.5) is 0 Å². The van der Waals surface area contributed by atoms with Gasteiger partial charge in [-0.1, -0.05) is 0 Å². The lowest BCUT2D eigenvalue weighted by molar-refractivity contribution is 0.136. The van der Waals surface area contributed by atoms with Gasteiger partial charge in [-0.15, -0.1) is 0 Å². The molecule has 1 unspecified atom stereocenters. The predicted molar refractivity (Wildman–Crippen MR) is 78.2 cm³/mol. The first-order chi connectivity index (χ1) is 8.21. The molecule has 1 atom stereocenters. The van der Waals surface area contributed by atoms with Crippen LogP contribution in [-0.4, -0.2) is 40.4 Å². The Balaban J connectivity index is 3.00. The third-order valence-corrected chi connectivity index (χ3v) is 4.90. The van der Waals surface area contributed by atoms with Crippen molar-refractivity contribution in [3.05, 3.63) is 15.9 Å². The monoisotopic (exact) mass is 317 g/mol. The Morgan fingerprint density at radius 2 is 2.06 bits per heavy atom. The third kappa shape index (κ3) is 2.93. The maximum atomic E-state index is 5.73. The summed E-state index contributed by atoms with van der Waals surface area (Å²) in [6.07, 6.45) is 0.819. The van der Waals surface area contributed by atoms with Crippen LogP contribution in [0.1, 0.15) is 25.2 Å². The number of rotatable bonds is 5. The van der Waals surface area contributed by atoms with Gasteiger partial charge in [-0.05, 0) is 50.8 Å². The van der Waals surface area contributed by atoms with E-state index in [0.29, 0.717) is 0 Å². The highest BCUT2D eigenvalue weighted by Gasteiger charge is 2.32. The molecule has 0 saturated carbocycles. The molecule has 0 aliphatic heterocycles. The Kier molecular flexibility index (Phi) is 4.94. The molecule has 0 aliphatic carbocycles. The highest BCUT2D eigenvalue weighted by molar-refractivity contribution is 9.10. The fraction of sp³-hybridized carbons (Fsp3) is 0.750. The molecule has 6 heteroatoms. The Bertz CT molecular complexity index is 411. The van der Waals surface area contributed by atoms with Crippen LogP contribution in [-0.2, 0) is 13.5 Å². The molecular formula is C12H24BrN5. The summed E-state index contributed by atoms with van der Waals surface area (Å²) in [6.45, 7) is 6.35. The maximum Gasteiger partial charge on any atom is 0.0738 e. The Hall–Kier alpha value is -0.430. The molecule has 0 fully saturated rings. The van der Waals surface area contributed by atoms with E-state index in [9.17, 15) is 0 Å². The summed E-state index contributed by atoms with van der Waals surface area (Å²) in [5.74, 6) is 5.73. The predicted octanol–water partition coefficient (Wildman–Crippen LogP) is 1.21. The van der Waals surface area contributed by atoms with Crippen LogP contribution in [0.25, 0.3) is 0 Å². The number of aromatic nitrogens is 2. The number of hydrogen-bond acceptors (Lipinski definition) is 4. The average Bonchev–Trinajstić information content (AvgIpc) is 2.50. The smallest absolute Gasteiger partial charge is 0.0738 e. The number of hydrazine groups is 1. The summed E-state index contributed by atoms with van der Waals surface area (Å²) in [5.41, 5.74) is 5.05. The van der Waals surface area contributed by atoms with Gasteiger partial charge in [0.1, 0.15) is 0 Å². The van der Waals surface area contributed by atoms with Gasteiger partial charge in [-0.3, -0.25) is 16.0 Å². The molecule has 1 aromatic heterocycles. The first-order valence-corrected chi connectivity index (χ1v) is 6.82. The van der Waals surface area contributed by atoms with Crippen LogP contribution in [0.15, 0.2) is 4.47 Å². The van der Waals surface area contributed by atoms with Crippen molar-refractivity contribution in [2.75, 3.05) is 14.1 Å². The first kappa shape index (κ1) is 15.6. The fourth-order valence-corrected chi connectivity index (χ4v) is 2.42. The van der Waals surface area contributed by atoms with E-state index >= 15 is 0 Å². The molecule has 0 spiro atoms. The van der Waals surface area contributed by atoms with Crippen molar-refractivity contribution < 1.29 is 0 Å². The standard InChI is InChI=1S/C12H24BrN5/c1-8-11(13)9(18(6)16-8)7-10(15-14)12(2,3)17(4)5/h10,15H,7,14H2,1-6H3. The van der Waals surface area contributed by atoms with E-state index in [1.54, 1.807) is 0 Å². The quantitative estimate of drug-likeness (QED) is 0.633. The van der Waals surface area contributed by atoms with Crippen molar-refractivity contribution in [1.29, 1.82) is 0 Å². The minimum atomic E-state index is -0.0492. The van der Waals surface area contributed by atoms with E-state index in [1.165, 1.54) is 0 Å². The highest BCUT2D eigenvalue weighted by Crippen LogP contribution is 2.25. The molecule has 104 valence electrons. The molecule has 0 aromatic carbocycles. The molecule has 0 aliphatic rings. The molecule has 1 rings (SSSR count). The zero-order valence-electron chi connectivity index (χ0n) is 12.1. The molecule has 3 N–H and O–H groups in total. The molecule has 0 saturated heterocycles. The second-order valence-corrected chi connectivity index (χ2v) is 6.23. The van der Waals surface area contributed by atoms with Crippen LogP contribution < -0.4 is 11.3 Å². The Labute approximate surface area is 118 Å². The number of nitrogens with two attached hydrogens (primary N) is 1. The summed E-state index contributed by atoms with van der Waals surface area (Å²) >= 11 is 3.60. The molecule has 5 nitrogen and oxygen atoms in total. The van der Waals surface area contributed by atoms with Crippen molar-refractivity contribution in [2.24, 2.45) is 12.9 Å². The van der Waals surface area contributed by atoms with Crippen molar-refractivity contribution >= 4 is 15.9 Å². The third-order valence-electron chi connectivity index (χ3n) is 3.87. The average molecular weight is 318 g/mol. The van der Waals surface area contributed by atoms with E-state index in [-0.39, 0.29) is 11.6 Å².